The zero-order valence-corrected chi connectivity index (χ0v) is 12.1. The number of aliphatic carboxylic acids is 1. The first-order chi connectivity index (χ1) is 9.96. The fourth-order valence-corrected chi connectivity index (χ4v) is 2.63. The maximum absolute atomic E-state index is 12.2. The van der Waals surface area contributed by atoms with Crippen LogP contribution >= 0.6 is 0 Å². The predicted octanol–water partition coefficient (Wildman–Crippen LogP) is -0.602. The number of ether oxygens (including phenoxy) is 1. The topological polar surface area (TPSA) is 108 Å². The van der Waals surface area contributed by atoms with Crippen molar-refractivity contribution in [3.63, 3.8) is 0 Å². The molecule has 8 nitrogen and oxygen atoms in total. The van der Waals surface area contributed by atoms with E-state index in [1.54, 1.807) is 6.92 Å². The first-order valence-corrected chi connectivity index (χ1v) is 7.10. The summed E-state index contributed by atoms with van der Waals surface area (Å²) in [4.78, 5) is 36.6. The molecule has 1 atom stereocenters. The van der Waals surface area contributed by atoms with Crippen LogP contribution in [0.1, 0.15) is 19.8 Å². The van der Waals surface area contributed by atoms with Crippen LogP contribution in [0.4, 0.5) is 4.79 Å². The molecule has 2 saturated heterocycles. The van der Waals surface area contributed by atoms with Crippen LogP contribution in [0.3, 0.4) is 0 Å². The van der Waals surface area contributed by atoms with Crippen LogP contribution in [0.15, 0.2) is 0 Å². The summed E-state index contributed by atoms with van der Waals surface area (Å²) in [6.07, 6.45) is 0.747. The Kier molecular flexibility index (Phi) is 4.66. The molecule has 21 heavy (non-hydrogen) atoms. The summed E-state index contributed by atoms with van der Waals surface area (Å²) in [5.74, 6) is -1.12. The van der Waals surface area contributed by atoms with E-state index in [4.69, 9.17) is 4.74 Å². The van der Waals surface area contributed by atoms with E-state index in [1.165, 1.54) is 4.90 Å². The van der Waals surface area contributed by atoms with Gasteiger partial charge in [-0.25, -0.2) is 4.79 Å². The van der Waals surface area contributed by atoms with Crippen molar-refractivity contribution in [3.05, 3.63) is 0 Å². The molecule has 2 rings (SSSR count). The Morgan fingerprint density at radius 3 is 2.76 bits per heavy atom. The van der Waals surface area contributed by atoms with Crippen molar-refractivity contribution in [1.82, 2.24) is 15.5 Å². The number of carbonyl (C=O) groups is 3. The quantitative estimate of drug-likeness (QED) is 0.645. The Hall–Kier alpha value is -1.83. The Morgan fingerprint density at radius 1 is 1.48 bits per heavy atom. The number of amides is 3. The van der Waals surface area contributed by atoms with E-state index in [0.717, 1.165) is 0 Å². The summed E-state index contributed by atoms with van der Waals surface area (Å²) in [5.41, 5.74) is -0.977. The minimum atomic E-state index is -0.977. The van der Waals surface area contributed by atoms with Crippen molar-refractivity contribution >= 4 is 17.9 Å². The standard InChI is InChI=1S/C13H21N3O5/c1-9-10(17)14-4-5-16(9)12(20)15-8-13(11(18)19)2-6-21-7-3-13/h9H,2-8H2,1H3,(H,14,17)(H,15,20)(H,18,19). The Bertz CT molecular complexity index is 434. The summed E-state index contributed by atoms with van der Waals surface area (Å²) in [5, 5.41) is 14.8. The molecule has 0 aliphatic carbocycles. The van der Waals surface area contributed by atoms with Crippen molar-refractivity contribution in [2.24, 2.45) is 5.41 Å². The van der Waals surface area contributed by atoms with Crippen LogP contribution in [0, 0.1) is 5.41 Å². The van der Waals surface area contributed by atoms with Crippen molar-refractivity contribution in [2.45, 2.75) is 25.8 Å². The van der Waals surface area contributed by atoms with Gasteiger partial charge in [0.25, 0.3) is 0 Å². The third kappa shape index (κ3) is 3.26. The fraction of sp³-hybridized carbons (Fsp3) is 0.769. The molecule has 0 radical (unpaired) electrons. The monoisotopic (exact) mass is 299 g/mol. The largest absolute Gasteiger partial charge is 0.481 e. The molecule has 2 fully saturated rings. The zero-order chi connectivity index (χ0) is 15.5. The lowest BCUT2D eigenvalue weighted by atomic mass is 9.80. The Morgan fingerprint density at radius 2 is 2.14 bits per heavy atom. The minimum absolute atomic E-state index is 0.0510. The smallest absolute Gasteiger partial charge is 0.318 e. The summed E-state index contributed by atoms with van der Waals surface area (Å²) >= 11 is 0. The van der Waals surface area contributed by atoms with Gasteiger partial charge in [-0.2, -0.15) is 0 Å². The second-order valence-electron chi connectivity index (χ2n) is 5.52. The van der Waals surface area contributed by atoms with Gasteiger partial charge in [0, 0.05) is 32.8 Å². The van der Waals surface area contributed by atoms with Crippen molar-refractivity contribution in [3.8, 4) is 0 Å². The number of hydrogen-bond acceptors (Lipinski definition) is 4. The molecule has 2 aliphatic heterocycles. The number of carboxylic acids is 1. The molecule has 118 valence electrons. The van der Waals surface area contributed by atoms with Gasteiger partial charge in [-0.05, 0) is 19.8 Å². The number of rotatable bonds is 3. The third-order valence-corrected chi connectivity index (χ3v) is 4.24. The van der Waals surface area contributed by atoms with E-state index in [-0.39, 0.29) is 12.5 Å². The Labute approximate surface area is 122 Å². The summed E-state index contributed by atoms with van der Waals surface area (Å²) in [6.45, 7) is 3.29. The highest BCUT2D eigenvalue weighted by Crippen LogP contribution is 2.30. The number of carbonyl (C=O) groups excluding carboxylic acids is 2. The van der Waals surface area contributed by atoms with Gasteiger partial charge in [0.15, 0.2) is 0 Å². The lowest BCUT2D eigenvalue weighted by Crippen LogP contribution is -2.59. The number of urea groups is 1. The van der Waals surface area contributed by atoms with Crippen LogP contribution < -0.4 is 10.6 Å². The van der Waals surface area contributed by atoms with Gasteiger partial charge in [0.05, 0.1) is 5.41 Å². The highest BCUT2D eigenvalue weighted by Gasteiger charge is 2.41. The molecule has 2 aliphatic rings. The van der Waals surface area contributed by atoms with Crippen LogP contribution in [0.2, 0.25) is 0 Å². The minimum Gasteiger partial charge on any atom is -0.481 e. The fourth-order valence-electron chi connectivity index (χ4n) is 2.63. The molecule has 0 aromatic carbocycles. The second-order valence-corrected chi connectivity index (χ2v) is 5.52. The lowest BCUT2D eigenvalue weighted by Gasteiger charge is -2.36. The summed E-state index contributed by atoms with van der Waals surface area (Å²) in [7, 11) is 0. The molecule has 0 bridgehead atoms. The van der Waals surface area contributed by atoms with Gasteiger partial charge < -0.3 is 25.4 Å². The first kappa shape index (κ1) is 15.6. The molecule has 3 N–H and O–H groups in total. The van der Waals surface area contributed by atoms with Gasteiger partial charge >= 0.3 is 12.0 Å². The number of hydrogen-bond donors (Lipinski definition) is 3. The highest BCUT2D eigenvalue weighted by atomic mass is 16.5. The van der Waals surface area contributed by atoms with Crippen molar-refractivity contribution < 1.29 is 24.2 Å². The maximum atomic E-state index is 12.2. The van der Waals surface area contributed by atoms with E-state index in [9.17, 15) is 19.5 Å². The molecular weight excluding hydrogens is 278 g/mol. The molecule has 0 saturated carbocycles. The number of carboxylic acid groups (broad SMARTS) is 1. The maximum Gasteiger partial charge on any atom is 0.318 e. The molecule has 1 unspecified atom stereocenters. The SMILES string of the molecule is CC1C(=O)NCCN1C(=O)NCC1(C(=O)O)CCOCC1. The van der Waals surface area contributed by atoms with Gasteiger partial charge in [0.1, 0.15) is 6.04 Å². The van der Waals surface area contributed by atoms with Crippen molar-refractivity contribution in [2.75, 3.05) is 32.8 Å². The molecular formula is C13H21N3O5. The molecule has 3 amide bonds. The van der Waals surface area contributed by atoms with Crippen LogP contribution in [0.25, 0.3) is 0 Å². The molecule has 0 aromatic rings. The van der Waals surface area contributed by atoms with Gasteiger partial charge in [-0.15, -0.1) is 0 Å². The van der Waals surface area contributed by atoms with E-state index >= 15 is 0 Å². The molecule has 0 spiro atoms. The van der Waals surface area contributed by atoms with Crippen molar-refractivity contribution in [1.29, 1.82) is 0 Å². The highest BCUT2D eigenvalue weighted by molar-refractivity contribution is 5.88. The van der Waals surface area contributed by atoms with Gasteiger partial charge in [-0.1, -0.05) is 0 Å². The van der Waals surface area contributed by atoms with Crippen LogP contribution in [-0.4, -0.2) is 66.8 Å². The Balaban J connectivity index is 1.95. The van der Waals surface area contributed by atoms with E-state index in [1.807, 2.05) is 0 Å². The molecule has 0 aromatic heterocycles. The number of nitrogens with one attached hydrogen (secondary N) is 2. The molecule has 8 heteroatoms. The van der Waals surface area contributed by atoms with Crippen LogP contribution in [-0.2, 0) is 14.3 Å². The second kappa shape index (κ2) is 6.30. The van der Waals surface area contributed by atoms with Gasteiger partial charge in [0.2, 0.25) is 5.91 Å². The first-order valence-electron chi connectivity index (χ1n) is 7.10. The van der Waals surface area contributed by atoms with E-state index in [0.29, 0.717) is 39.1 Å². The van der Waals surface area contributed by atoms with Crippen LogP contribution in [0.5, 0.6) is 0 Å². The summed E-state index contributed by atoms with van der Waals surface area (Å²) < 4.78 is 5.19. The number of nitrogens with zero attached hydrogens (tertiary/aromatic N) is 1. The van der Waals surface area contributed by atoms with Gasteiger partial charge in [-0.3, -0.25) is 9.59 Å². The third-order valence-electron chi connectivity index (χ3n) is 4.24. The average Bonchev–Trinajstić information content (AvgIpc) is 2.48. The number of piperazine rings is 1. The normalized spacial score (nSPS) is 25.1. The molecule has 2 heterocycles. The van der Waals surface area contributed by atoms with E-state index in [2.05, 4.69) is 10.6 Å². The summed E-state index contributed by atoms with van der Waals surface area (Å²) in [6, 6.07) is -0.946. The lowest BCUT2D eigenvalue weighted by molar-refractivity contribution is -0.154. The predicted molar refractivity (Wildman–Crippen MR) is 72.7 cm³/mol. The van der Waals surface area contributed by atoms with E-state index < -0.39 is 23.5 Å². The zero-order valence-electron chi connectivity index (χ0n) is 12.1. The average molecular weight is 299 g/mol.